The maximum absolute atomic E-state index is 12.7. The average Bonchev–Trinajstić information content (AvgIpc) is 3.35. The minimum Gasteiger partial charge on any atom is -0.388 e. The lowest BCUT2D eigenvalue weighted by Crippen LogP contribution is -2.62. The Morgan fingerprint density at radius 1 is 1.18 bits per heavy atom. The van der Waals surface area contributed by atoms with Crippen LogP contribution in [0.3, 0.4) is 0 Å². The van der Waals surface area contributed by atoms with E-state index in [0.29, 0.717) is 30.1 Å². The molecule has 0 saturated heterocycles. The van der Waals surface area contributed by atoms with Crippen molar-refractivity contribution >= 4 is 16.1 Å². The maximum Gasteiger partial charge on any atom is 0.329 e. The molecule has 4 rings (SSSR count). The Bertz CT molecular complexity index is 733. The molecule has 0 aromatic heterocycles. The van der Waals surface area contributed by atoms with Crippen molar-refractivity contribution in [3.05, 3.63) is 23.8 Å². The maximum atomic E-state index is 12.7. The highest BCUT2D eigenvalue weighted by Crippen LogP contribution is 2.56. The highest BCUT2D eigenvalue weighted by molar-refractivity contribution is 7.92. The quantitative estimate of drug-likeness (QED) is 0.652. The molecule has 5 atom stereocenters. The molecule has 28 heavy (non-hydrogen) atoms. The molecular formula is C21H33N3O3S. The van der Waals surface area contributed by atoms with Gasteiger partial charge in [-0.25, -0.2) is 17.9 Å². The molecule has 2 amide bonds. The molecule has 0 bridgehead atoms. The first-order valence-electron chi connectivity index (χ1n) is 10.8. The Morgan fingerprint density at radius 2 is 1.86 bits per heavy atom. The number of amides is 2. The Kier molecular flexibility index (Phi) is 5.47. The molecule has 3 aliphatic carbocycles. The van der Waals surface area contributed by atoms with Crippen molar-refractivity contribution in [2.45, 2.75) is 76.3 Å². The molecule has 3 saturated carbocycles. The third-order valence-corrected chi connectivity index (χ3v) is 8.67. The summed E-state index contributed by atoms with van der Waals surface area (Å²) in [7, 11) is -3.79. The summed E-state index contributed by atoms with van der Waals surface area (Å²) in [6, 6.07) is -0.342. The van der Waals surface area contributed by atoms with Crippen LogP contribution in [-0.4, -0.2) is 26.0 Å². The number of hydrogen-bond donors (Lipinski definition) is 3. The minimum atomic E-state index is -3.79. The van der Waals surface area contributed by atoms with Crippen molar-refractivity contribution in [3.8, 4) is 0 Å². The van der Waals surface area contributed by atoms with E-state index in [-0.39, 0.29) is 11.6 Å². The summed E-state index contributed by atoms with van der Waals surface area (Å²) < 4.78 is 26.9. The number of sulfonamides is 1. The van der Waals surface area contributed by atoms with Gasteiger partial charge in [0.1, 0.15) is 0 Å². The lowest BCUT2D eigenvalue weighted by molar-refractivity contribution is 0.0348. The van der Waals surface area contributed by atoms with Gasteiger partial charge in [0.15, 0.2) is 0 Å². The summed E-state index contributed by atoms with van der Waals surface area (Å²) in [5.41, 5.74) is -0.302. The van der Waals surface area contributed by atoms with Gasteiger partial charge in [-0.15, -0.1) is 0 Å². The Labute approximate surface area is 168 Å². The zero-order valence-electron chi connectivity index (χ0n) is 16.7. The van der Waals surface area contributed by atoms with Crippen molar-refractivity contribution in [1.29, 1.82) is 0 Å². The molecule has 1 aliphatic heterocycles. The topological polar surface area (TPSA) is 87.3 Å². The third-order valence-electron chi connectivity index (χ3n) is 7.65. The van der Waals surface area contributed by atoms with E-state index in [9.17, 15) is 13.2 Å². The van der Waals surface area contributed by atoms with Crippen LogP contribution in [-0.2, 0) is 10.0 Å². The van der Waals surface area contributed by atoms with Crippen LogP contribution >= 0.6 is 0 Å². The lowest BCUT2D eigenvalue weighted by Gasteiger charge is -2.51. The van der Waals surface area contributed by atoms with Crippen LogP contribution < -0.4 is 15.4 Å². The monoisotopic (exact) mass is 407 g/mol. The summed E-state index contributed by atoms with van der Waals surface area (Å²) in [5, 5.41) is 7.42. The molecule has 0 radical (unpaired) electrons. The molecule has 4 unspecified atom stereocenters. The van der Waals surface area contributed by atoms with Gasteiger partial charge in [-0.05, 0) is 68.9 Å². The molecule has 7 heteroatoms. The lowest BCUT2D eigenvalue weighted by atomic mass is 9.60. The number of fused-ring (bicyclic) bond motifs is 2. The number of hydrogen-bond acceptors (Lipinski definition) is 4. The first kappa shape index (κ1) is 19.8. The molecule has 0 aromatic rings. The molecule has 6 nitrogen and oxygen atoms in total. The zero-order valence-corrected chi connectivity index (χ0v) is 17.5. The van der Waals surface area contributed by atoms with E-state index in [0.717, 1.165) is 24.7 Å². The highest BCUT2D eigenvalue weighted by Gasteiger charge is 2.55. The van der Waals surface area contributed by atoms with Crippen LogP contribution in [0.5, 0.6) is 0 Å². The second-order valence-corrected chi connectivity index (χ2v) is 10.9. The van der Waals surface area contributed by atoms with Crippen LogP contribution in [0.25, 0.3) is 0 Å². The molecule has 4 aliphatic rings. The van der Waals surface area contributed by atoms with Gasteiger partial charge in [-0.2, -0.15) is 0 Å². The molecule has 156 valence electrons. The van der Waals surface area contributed by atoms with Crippen molar-refractivity contribution in [3.63, 3.8) is 0 Å². The van der Waals surface area contributed by atoms with Crippen molar-refractivity contribution in [1.82, 2.24) is 15.4 Å². The third kappa shape index (κ3) is 3.95. The number of rotatable bonds is 5. The minimum absolute atomic E-state index is 0.236. The first-order chi connectivity index (χ1) is 13.4. The van der Waals surface area contributed by atoms with E-state index >= 15 is 0 Å². The molecular weight excluding hydrogens is 374 g/mol. The van der Waals surface area contributed by atoms with E-state index in [2.05, 4.69) is 22.3 Å². The van der Waals surface area contributed by atoms with Gasteiger partial charge in [0, 0.05) is 17.0 Å². The molecule has 1 heterocycles. The second-order valence-electron chi connectivity index (χ2n) is 9.32. The first-order valence-corrected chi connectivity index (χ1v) is 12.3. The van der Waals surface area contributed by atoms with Crippen LogP contribution in [0.2, 0.25) is 0 Å². The molecule has 0 spiro atoms. The van der Waals surface area contributed by atoms with Crippen molar-refractivity contribution in [2.24, 2.45) is 23.7 Å². The van der Waals surface area contributed by atoms with Gasteiger partial charge in [0.25, 0.3) is 10.0 Å². The van der Waals surface area contributed by atoms with E-state index in [4.69, 9.17) is 0 Å². The molecule has 0 aromatic carbocycles. The van der Waals surface area contributed by atoms with Gasteiger partial charge in [-0.1, -0.05) is 37.8 Å². The fourth-order valence-electron chi connectivity index (χ4n) is 6.51. The Hall–Kier alpha value is -1.50. The second kappa shape index (κ2) is 7.73. The van der Waals surface area contributed by atoms with Crippen molar-refractivity contribution in [2.75, 3.05) is 0 Å². The Morgan fingerprint density at radius 3 is 2.46 bits per heavy atom. The average molecular weight is 408 g/mol. The van der Waals surface area contributed by atoms with Gasteiger partial charge in [-0.3, -0.25) is 0 Å². The van der Waals surface area contributed by atoms with Crippen LogP contribution in [0.15, 0.2) is 23.8 Å². The number of nitrogens with one attached hydrogen (secondary N) is 3. The zero-order chi connectivity index (χ0) is 19.8. The summed E-state index contributed by atoms with van der Waals surface area (Å²) in [5.74, 6) is 2.29. The fourth-order valence-corrected chi connectivity index (χ4v) is 7.26. The number of carbonyl (C=O) groups is 1. The smallest absolute Gasteiger partial charge is 0.329 e. The number of urea groups is 1. The Balaban J connectivity index is 1.39. The van der Waals surface area contributed by atoms with E-state index < -0.39 is 16.1 Å². The summed E-state index contributed by atoms with van der Waals surface area (Å²) in [6.07, 6.45) is 15.5. The predicted octanol–water partition coefficient (Wildman–Crippen LogP) is 3.39. The summed E-state index contributed by atoms with van der Waals surface area (Å²) >= 11 is 0. The predicted molar refractivity (Wildman–Crippen MR) is 110 cm³/mol. The van der Waals surface area contributed by atoms with Gasteiger partial charge in [0.2, 0.25) is 0 Å². The standard InChI is InChI=1S/C21H33N3O3S/c1-21(18-10-2-6-15(18)14-16-7-3-11-19(16)21)23-20(25)24-28(26,27)13-5-9-17-8-4-12-22-17/h4-5,12-13,15-19,22H,2-3,6-11,14H2,1H3,(H2,23,24,25)/b13-5+/t15?,16?,17-,18?,19?,21?/m1/s1. The number of carbonyl (C=O) groups excluding carboxylic acids is 1. The fraction of sp³-hybridized carbons (Fsp3) is 0.762. The normalized spacial score (nSPS) is 39.5. The van der Waals surface area contributed by atoms with Gasteiger partial charge < -0.3 is 10.6 Å². The largest absolute Gasteiger partial charge is 0.388 e. The van der Waals surface area contributed by atoms with E-state index in [1.807, 2.05) is 12.3 Å². The van der Waals surface area contributed by atoms with Crippen molar-refractivity contribution < 1.29 is 13.2 Å². The molecule has 3 N–H and O–H groups in total. The van der Waals surface area contributed by atoms with Gasteiger partial charge in [0.05, 0.1) is 0 Å². The summed E-state index contributed by atoms with van der Waals surface area (Å²) in [6.45, 7) is 2.17. The highest BCUT2D eigenvalue weighted by atomic mass is 32.2. The SMILES string of the molecule is CC1(NC(=O)NS(=O)(=O)/C=C/C[C@H]2CC=CN2)C2CCCC2CC2CCCC21. The van der Waals surface area contributed by atoms with Gasteiger partial charge >= 0.3 is 6.03 Å². The van der Waals surface area contributed by atoms with Crippen LogP contribution in [0.1, 0.15) is 64.7 Å². The van der Waals surface area contributed by atoms with Crippen LogP contribution in [0.4, 0.5) is 4.79 Å². The van der Waals surface area contributed by atoms with Crippen LogP contribution in [0, 0.1) is 23.7 Å². The van der Waals surface area contributed by atoms with E-state index in [1.54, 1.807) is 6.08 Å². The summed E-state index contributed by atoms with van der Waals surface area (Å²) in [4.78, 5) is 12.7. The van der Waals surface area contributed by atoms with E-state index in [1.165, 1.54) is 32.1 Å². The molecule has 3 fully saturated rings.